The normalized spacial score (nSPS) is 28.8. The highest BCUT2D eigenvalue weighted by Crippen LogP contribution is 2.46. The summed E-state index contributed by atoms with van der Waals surface area (Å²) in [5.41, 5.74) is 0.174. The minimum atomic E-state index is -4.51. The van der Waals surface area contributed by atoms with Crippen LogP contribution in [0.1, 0.15) is 55.0 Å². The number of aryl methyl sites for hydroxylation is 1. The third-order valence-electron chi connectivity index (χ3n) is 8.20. The Labute approximate surface area is 224 Å². The first-order valence-electron chi connectivity index (χ1n) is 13.2. The number of alkyl halides is 3. The third-order valence-corrected chi connectivity index (χ3v) is 8.20. The van der Waals surface area contributed by atoms with Crippen LogP contribution < -0.4 is 10.1 Å². The van der Waals surface area contributed by atoms with Crippen molar-refractivity contribution in [3.8, 4) is 11.9 Å². The topological polar surface area (TPSA) is 104 Å². The Morgan fingerprint density at radius 2 is 2.03 bits per heavy atom. The van der Waals surface area contributed by atoms with E-state index < -0.39 is 11.9 Å². The Bertz CT molecular complexity index is 1360. The number of nitrogens with one attached hydrogen (secondary N) is 1. The predicted octanol–water partition coefficient (Wildman–Crippen LogP) is 4.13. The van der Waals surface area contributed by atoms with Crippen molar-refractivity contribution in [3.63, 3.8) is 0 Å². The van der Waals surface area contributed by atoms with Crippen molar-refractivity contribution in [2.75, 3.05) is 13.1 Å². The van der Waals surface area contributed by atoms with Crippen molar-refractivity contribution in [2.24, 2.45) is 15.9 Å². The molecule has 3 aliphatic heterocycles. The summed E-state index contributed by atoms with van der Waals surface area (Å²) in [6.45, 7) is 3.16. The lowest BCUT2D eigenvalue weighted by molar-refractivity contribution is -0.141. The SMILES string of the molecule is Cc1cc(OC2CCN([C@H]3C[C@@](CC#N)(n4cc(C5N=CN=C6NC=CC65)cn4)C3)CC2)nc(C(F)(F)F)c1. The Hall–Kier alpha value is -3.72. The number of nitriles is 1. The molecular weight excluding hydrogens is 509 g/mol. The molecule has 39 heavy (non-hydrogen) atoms. The number of amidine groups is 1. The van der Waals surface area contributed by atoms with Crippen LogP contribution in [0.5, 0.6) is 5.88 Å². The molecular formula is C27H29F3N8O. The van der Waals surface area contributed by atoms with E-state index in [9.17, 15) is 18.4 Å². The third kappa shape index (κ3) is 4.91. The van der Waals surface area contributed by atoms with Crippen LogP contribution in [-0.2, 0) is 11.7 Å². The predicted molar refractivity (Wildman–Crippen MR) is 137 cm³/mol. The molecule has 1 N–H and O–H groups in total. The molecule has 6 rings (SSSR count). The van der Waals surface area contributed by atoms with Gasteiger partial charge in [-0.25, -0.2) is 9.98 Å². The molecule has 5 heterocycles. The van der Waals surface area contributed by atoms with Gasteiger partial charge in [-0.05, 0) is 50.4 Å². The zero-order chi connectivity index (χ0) is 27.2. The summed E-state index contributed by atoms with van der Waals surface area (Å²) in [7, 11) is 0. The van der Waals surface area contributed by atoms with Gasteiger partial charge in [-0.2, -0.15) is 23.5 Å². The fourth-order valence-corrected chi connectivity index (χ4v) is 6.11. The number of piperidine rings is 1. The van der Waals surface area contributed by atoms with Crippen molar-refractivity contribution < 1.29 is 17.9 Å². The number of nitrogens with zero attached hydrogens (tertiary/aromatic N) is 7. The highest BCUT2D eigenvalue weighted by atomic mass is 19.4. The molecule has 12 heteroatoms. The first kappa shape index (κ1) is 25.6. The van der Waals surface area contributed by atoms with Crippen LogP contribution in [0.15, 0.2) is 46.8 Å². The monoisotopic (exact) mass is 538 g/mol. The van der Waals surface area contributed by atoms with E-state index in [1.807, 2.05) is 23.3 Å². The summed E-state index contributed by atoms with van der Waals surface area (Å²) < 4.78 is 47.2. The minimum absolute atomic E-state index is 0.0245. The number of likely N-dealkylation sites (tertiary alicyclic amines) is 1. The molecule has 2 fully saturated rings. The Morgan fingerprint density at radius 3 is 2.77 bits per heavy atom. The smallest absolute Gasteiger partial charge is 0.433 e. The number of aromatic nitrogens is 3. The lowest BCUT2D eigenvalue weighted by atomic mass is 9.69. The number of hydrogen-bond acceptors (Lipinski definition) is 8. The Morgan fingerprint density at radius 1 is 1.23 bits per heavy atom. The maximum Gasteiger partial charge on any atom is 0.433 e. The van der Waals surface area contributed by atoms with Gasteiger partial charge in [0.05, 0.1) is 36.2 Å². The largest absolute Gasteiger partial charge is 0.474 e. The van der Waals surface area contributed by atoms with E-state index >= 15 is 0 Å². The summed E-state index contributed by atoms with van der Waals surface area (Å²) >= 11 is 0. The summed E-state index contributed by atoms with van der Waals surface area (Å²) in [6, 6.07) is 5.15. The van der Waals surface area contributed by atoms with Gasteiger partial charge < -0.3 is 10.1 Å². The van der Waals surface area contributed by atoms with Gasteiger partial charge in [-0.3, -0.25) is 14.6 Å². The lowest BCUT2D eigenvalue weighted by Crippen LogP contribution is -2.58. The molecule has 2 aromatic heterocycles. The van der Waals surface area contributed by atoms with Crippen molar-refractivity contribution >= 4 is 12.2 Å². The average molecular weight is 539 g/mol. The van der Waals surface area contributed by atoms with Crippen molar-refractivity contribution in [3.05, 3.63) is 53.6 Å². The number of hydrogen-bond donors (Lipinski definition) is 1. The highest BCUT2D eigenvalue weighted by molar-refractivity contribution is 5.96. The maximum atomic E-state index is 13.1. The van der Waals surface area contributed by atoms with Gasteiger partial charge >= 0.3 is 6.18 Å². The van der Waals surface area contributed by atoms with Crippen LogP contribution in [0.25, 0.3) is 0 Å². The molecule has 2 atom stereocenters. The Kier molecular flexibility index (Phi) is 6.41. The van der Waals surface area contributed by atoms with E-state index in [4.69, 9.17) is 4.74 Å². The first-order chi connectivity index (χ1) is 18.7. The standard InChI is InChI=1S/C27H29F3N8O/c1-17-10-22(27(28,29)30)36-23(11-17)39-20-3-8-37(9-4-20)19-12-26(13-19,5-6-31)38-15-18(14-35-38)24-21-2-7-32-25(21)34-16-33-24/h2,7,10-11,14-16,19-21,24H,3-5,8-9,12-13H2,1H3,(H,32,33,34)/t19-,21?,24?,26+. The summed E-state index contributed by atoms with van der Waals surface area (Å²) in [6.07, 6.45) is 8.10. The molecule has 0 radical (unpaired) electrons. The second kappa shape index (κ2) is 9.79. The van der Waals surface area contributed by atoms with Crippen LogP contribution >= 0.6 is 0 Å². The molecule has 4 aliphatic rings. The lowest BCUT2D eigenvalue weighted by Gasteiger charge is -2.52. The molecule has 0 amide bonds. The molecule has 2 aromatic rings. The zero-order valence-corrected chi connectivity index (χ0v) is 21.5. The van der Waals surface area contributed by atoms with Crippen molar-refractivity contribution in [1.82, 2.24) is 25.0 Å². The van der Waals surface area contributed by atoms with Crippen LogP contribution in [0.2, 0.25) is 0 Å². The zero-order valence-electron chi connectivity index (χ0n) is 21.5. The van der Waals surface area contributed by atoms with Gasteiger partial charge in [0.1, 0.15) is 24.0 Å². The highest BCUT2D eigenvalue weighted by Gasteiger charge is 2.49. The van der Waals surface area contributed by atoms with Crippen LogP contribution in [-0.4, -0.2) is 57.1 Å². The minimum Gasteiger partial charge on any atom is -0.474 e. The van der Waals surface area contributed by atoms with Gasteiger partial charge in [-0.15, -0.1) is 0 Å². The van der Waals surface area contributed by atoms with E-state index in [-0.39, 0.29) is 29.5 Å². The molecule has 0 spiro atoms. The van der Waals surface area contributed by atoms with Gasteiger partial charge in [0, 0.05) is 37.0 Å². The van der Waals surface area contributed by atoms with Gasteiger partial charge in [0.25, 0.3) is 0 Å². The molecule has 1 aliphatic carbocycles. The fraction of sp³-hybridized carbons (Fsp3) is 0.519. The number of aliphatic imine (C=N–C) groups is 2. The average Bonchev–Trinajstić information content (AvgIpc) is 3.56. The molecule has 2 unspecified atom stereocenters. The summed E-state index contributed by atoms with van der Waals surface area (Å²) in [4.78, 5) is 15.0. The second-order valence-corrected chi connectivity index (χ2v) is 10.8. The molecule has 9 nitrogen and oxygen atoms in total. The number of pyridine rings is 1. The van der Waals surface area contributed by atoms with Gasteiger partial charge in [0.2, 0.25) is 5.88 Å². The summed E-state index contributed by atoms with van der Waals surface area (Å²) in [5.74, 6) is 0.966. The molecule has 0 aromatic carbocycles. The summed E-state index contributed by atoms with van der Waals surface area (Å²) in [5, 5.41) is 17.4. The van der Waals surface area contributed by atoms with E-state index in [1.165, 1.54) is 0 Å². The quantitative estimate of drug-likeness (QED) is 0.593. The van der Waals surface area contributed by atoms with E-state index in [1.54, 1.807) is 19.3 Å². The van der Waals surface area contributed by atoms with Crippen LogP contribution in [0, 0.1) is 24.2 Å². The van der Waals surface area contributed by atoms with Crippen LogP contribution in [0.3, 0.4) is 0 Å². The van der Waals surface area contributed by atoms with Crippen molar-refractivity contribution in [1.29, 1.82) is 5.26 Å². The van der Waals surface area contributed by atoms with Gasteiger partial charge in [-0.1, -0.05) is 6.08 Å². The van der Waals surface area contributed by atoms with E-state index in [0.717, 1.165) is 43.4 Å². The number of rotatable bonds is 6. The maximum absolute atomic E-state index is 13.1. The fourth-order valence-electron chi connectivity index (χ4n) is 6.11. The number of ether oxygens (including phenoxy) is 1. The van der Waals surface area contributed by atoms with E-state index in [2.05, 4.69) is 42.4 Å². The number of halogens is 3. The molecule has 1 saturated heterocycles. The molecule has 204 valence electrons. The van der Waals surface area contributed by atoms with Crippen LogP contribution in [0.4, 0.5) is 13.2 Å². The van der Waals surface area contributed by atoms with E-state index in [0.29, 0.717) is 30.9 Å². The molecule has 0 bridgehead atoms. The van der Waals surface area contributed by atoms with Crippen molar-refractivity contribution in [2.45, 2.75) is 68.9 Å². The number of fused-ring (bicyclic) bond motifs is 1. The van der Waals surface area contributed by atoms with Gasteiger partial charge in [0.15, 0.2) is 0 Å². The first-order valence-corrected chi connectivity index (χ1v) is 13.2. The molecule has 1 saturated carbocycles. The Balaban J connectivity index is 1.07. The second-order valence-electron chi connectivity index (χ2n) is 10.8.